The first-order valence-electron chi connectivity index (χ1n) is 6.99. The van der Waals surface area contributed by atoms with Crippen molar-refractivity contribution in [3.8, 4) is 5.75 Å². The highest BCUT2D eigenvalue weighted by Gasteiger charge is 2.09. The third-order valence-electron chi connectivity index (χ3n) is 3.31. The van der Waals surface area contributed by atoms with Gasteiger partial charge in [-0.25, -0.2) is 0 Å². The normalized spacial score (nSPS) is 10.1. The van der Waals surface area contributed by atoms with E-state index in [4.69, 9.17) is 16.3 Å². The molecule has 0 bridgehead atoms. The zero-order valence-corrected chi connectivity index (χ0v) is 13.4. The predicted octanol–water partition coefficient (Wildman–Crippen LogP) is 3.81. The number of nitrogens with one attached hydrogen (secondary N) is 1. The van der Waals surface area contributed by atoms with Gasteiger partial charge in [-0.05, 0) is 30.3 Å². The summed E-state index contributed by atoms with van der Waals surface area (Å²) in [4.78, 5) is 14.1. The largest absolute Gasteiger partial charge is 0.495 e. The Morgan fingerprint density at radius 2 is 1.95 bits per heavy atom. The van der Waals surface area contributed by atoms with E-state index in [0.717, 1.165) is 5.69 Å². The third kappa shape index (κ3) is 4.40. The van der Waals surface area contributed by atoms with Crippen LogP contribution in [-0.2, 0) is 4.79 Å². The summed E-state index contributed by atoms with van der Waals surface area (Å²) in [5, 5.41) is 3.39. The third-order valence-corrected chi connectivity index (χ3v) is 3.54. The first-order chi connectivity index (χ1) is 10.6. The Labute approximate surface area is 135 Å². The van der Waals surface area contributed by atoms with E-state index >= 15 is 0 Å². The Morgan fingerprint density at radius 1 is 1.23 bits per heavy atom. The average molecular weight is 319 g/mol. The van der Waals surface area contributed by atoms with E-state index in [9.17, 15) is 4.79 Å². The number of nitrogens with zero attached hydrogens (tertiary/aromatic N) is 1. The van der Waals surface area contributed by atoms with E-state index in [-0.39, 0.29) is 5.91 Å². The highest BCUT2D eigenvalue weighted by molar-refractivity contribution is 6.31. The number of carbonyl (C=O) groups is 1. The number of anilines is 2. The Kier molecular flexibility index (Phi) is 5.67. The van der Waals surface area contributed by atoms with Gasteiger partial charge in [0.15, 0.2) is 0 Å². The van der Waals surface area contributed by atoms with E-state index in [2.05, 4.69) is 5.32 Å². The summed E-state index contributed by atoms with van der Waals surface area (Å²) in [5.41, 5.74) is 1.66. The van der Waals surface area contributed by atoms with Crippen LogP contribution in [0.25, 0.3) is 0 Å². The maximum atomic E-state index is 12.1. The molecule has 22 heavy (non-hydrogen) atoms. The predicted molar refractivity (Wildman–Crippen MR) is 91.0 cm³/mol. The molecule has 0 aromatic heterocycles. The second-order valence-electron chi connectivity index (χ2n) is 4.90. The van der Waals surface area contributed by atoms with Crippen molar-refractivity contribution in [2.24, 2.45) is 0 Å². The van der Waals surface area contributed by atoms with Crippen molar-refractivity contribution in [3.63, 3.8) is 0 Å². The molecule has 0 saturated carbocycles. The van der Waals surface area contributed by atoms with Gasteiger partial charge in [-0.1, -0.05) is 29.8 Å². The standard InChI is InChI=1S/C17H19ClN2O2/c1-20(14-6-4-3-5-7-14)11-10-17(21)19-15-12-13(18)8-9-16(15)22-2/h3-9,12H,10-11H2,1-2H3,(H,19,21). The smallest absolute Gasteiger partial charge is 0.226 e. The lowest BCUT2D eigenvalue weighted by Gasteiger charge is -2.19. The Hall–Kier alpha value is -2.20. The summed E-state index contributed by atoms with van der Waals surface area (Å²) < 4.78 is 5.21. The lowest BCUT2D eigenvalue weighted by Crippen LogP contribution is -2.24. The molecule has 2 aromatic carbocycles. The van der Waals surface area contributed by atoms with Crippen molar-refractivity contribution in [2.75, 3.05) is 30.9 Å². The molecular weight excluding hydrogens is 300 g/mol. The van der Waals surface area contributed by atoms with Crippen LogP contribution >= 0.6 is 11.6 Å². The molecule has 1 amide bonds. The van der Waals surface area contributed by atoms with Crippen LogP contribution in [0, 0.1) is 0 Å². The number of carbonyl (C=O) groups excluding carboxylic acids is 1. The fourth-order valence-corrected chi connectivity index (χ4v) is 2.24. The molecule has 1 N–H and O–H groups in total. The fourth-order valence-electron chi connectivity index (χ4n) is 2.07. The number of methoxy groups -OCH3 is 1. The quantitative estimate of drug-likeness (QED) is 0.880. The zero-order valence-electron chi connectivity index (χ0n) is 12.7. The molecule has 0 aliphatic heterocycles. The van der Waals surface area contributed by atoms with Gasteiger partial charge in [-0.3, -0.25) is 4.79 Å². The first-order valence-corrected chi connectivity index (χ1v) is 7.37. The van der Waals surface area contributed by atoms with Gasteiger partial charge in [0.05, 0.1) is 12.8 Å². The van der Waals surface area contributed by atoms with Crippen LogP contribution in [0.5, 0.6) is 5.75 Å². The number of rotatable bonds is 6. The molecule has 0 heterocycles. The molecule has 2 rings (SSSR count). The number of hydrogen-bond acceptors (Lipinski definition) is 3. The average Bonchev–Trinajstić information content (AvgIpc) is 2.53. The monoisotopic (exact) mass is 318 g/mol. The van der Waals surface area contributed by atoms with E-state index in [0.29, 0.717) is 29.4 Å². The number of hydrogen-bond donors (Lipinski definition) is 1. The van der Waals surface area contributed by atoms with Crippen molar-refractivity contribution in [1.82, 2.24) is 0 Å². The van der Waals surface area contributed by atoms with E-state index in [1.807, 2.05) is 42.3 Å². The first kappa shape index (κ1) is 16.2. The van der Waals surface area contributed by atoms with Gasteiger partial charge in [-0.2, -0.15) is 0 Å². The molecule has 0 saturated heterocycles. The summed E-state index contributed by atoms with van der Waals surface area (Å²) in [6.07, 6.45) is 0.376. The second-order valence-corrected chi connectivity index (χ2v) is 5.34. The SMILES string of the molecule is COc1ccc(Cl)cc1NC(=O)CCN(C)c1ccccc1. The van der Waals surface area contributed by atoms with Crippen LogP contribution < -0.4 is 15.0 Å². The summed E-state index contributed by atoms with van der Waals surface area (Å²) >= 11 is 5.95. The molecule has 0 aliphatic carbocycles. The van der Waals surface area contributed by atoms with E-state index < -0.39 is 0 Å². The number of para-hydroxylation sites is 1. The summed E-state index contributed by atoms with van der Waals surface area (Å²) in [6.45, 7) is 0.624. The summed E-state index contributed by atoms with van der Waals surface area (Å²) in [6, 6.07) is 15.1. The Morgan fingerprint density at radius 3 is 2.64 bits per heavy atom. The Balaban J connectivity index is 1.92. The second kappa shape index (κ2) is 7.71. The molecule has 0 atom stereocenters. The molecule has 0 unspecified atom stereocenters. The molecule has 0 radical (unpaired) electrons. The lowest BCUT2D eigenvalue weighted by atomic mass is 10.2. The van der Waals surface area contributed by atoms with Gasteiger partial charge < -0.3 is 15.0 Å². The van der Waals surface area contributed by atoms with E-state index in [1.54, 1.807) is 25.3 Å². The minimum Gasteiger partial charge on any atom is -0.495 e. The minimum absolute atomic E-state index is 0.0802. The van der Waals surface area contributed by atoms with Crippen LogP contribution in [0.3, 0.4) is 0 Å². The zero-order chi connectivity index (χ0) is 15.9. The molecule has 0 aliphatic rings. The summed E-state index contributed by atoms with van der Waals surface area (Å²) in [5.74, 6) is 0.512. The molecule has 4 nitrogen and oxygen atoms in total. The van der Waals surface area contributed by atoms with Crippen LogP contribution in [0.1, 0.15) is 6.42 Å². The van der Waals surface area contributed by atoms with Crippen LogP contribution in [0.4, 0.5) is 11.4 Å². The molecule has 0 fully saturated rings. The molecular formula is C17H19ClN2O2. The lowest BCUT2D eigenvalue weighted by molar-refractivity contribution is -0.116. The molecule has 116 valence electrons. The van der Waals surface area contributed by atoms with Gasteiger partial charge in [0.25, 0.3) is 0 Å². The maximum absolute atomic E-state index is 12.1. The van der Waals surface area contributed by atoms with Crippen molar-refractivity contribution >= 4 is 28.9 Å². The highest BCUT2D eigenvalue weighted by atomic mass is 35.5. The van der Waals surface area contributed by atoms with Crippen molar-refractivity contribution < 1.29 is 9.53 Å². The van der Waals surface area contributed by atoms with Gasteiger partial charge in [0.2, 0.25) is 5.91 Å². The molecule has 2 aromatic rings. The fraction of sp³-hybridized carbons (Fsp3) is 0.235. The number of amides is 1. The van der Waals surface area contributed by atoms with Crippen LogP contribution in [0.15, 0.2) is 48.5 Å². The molecule has 5 heteroatoms. The minimum atomic E-state index is -0.0802. The summed E-state index contributed by atoms with van der Waals surface area (Å²) in [7, 11) is 3.52. The van der Waals surface area contributed by atoms with Gasteiger partial charge in [-0.15, -0.1) is 0 Å². The van der Waals surface area contributed by atoms with E-state index in [1.165, 1.54) is 0 Å². The highest BCUT2D eigenvalue weighted by Crippen LogP contribution is 2.27. The van der Waals surface area contributed by atoms with Crippen LogP contribution in [0.2, 0.25) is 5.02 Å². The maximum Gasteiger partial charge on any atom is 0.226 e. The van der Waals surface area contributed by atoms with Gasteiger partial charge in [0.1, 0.15) is 5.75 Å². The number of halogens is 1. The topological polar surface area (TPSA) is 41.6 Å². The Bertz CT molecular complexity index is 632. The number of benzene rings is 2. The number of ether oxygens (including phenoxy) is 1. The van der Waals surface area contributed by atoms with Crippen molar-refractivity contribution in [3.05, 3.63) is 53.6 Å². The molecule has 0 spiro atoms. The van der Waals surface area contributed by atoms with Gasteiger partial charge in [0, 0.05) is 30.7 Å². The van der Waals surface area contributed by atoms with Crippen molar-refractivity contribution in [1.29, 1.82) is 0 Å². The van der Waals surface area contributed by atoms with Crippen molar-refractivity contribution in [2.45, 2.75) is 6.42 Å². The van der Waals surface area contributed by atoms with Crippen LogP contribution in [-0.4, -0.2) is 26.6 Å². The van der Waals surface area contributed by atoms with Gasteiger partial charge >= 0.3 is 0 Å².